The number of anilines is 1. The largest absolute Gasteiger partial charge is 0.544 e. The van der Waals surface area contributed by atoms with E-state index in [1.54, 1.807) is 10.6 Å². The molecule has 3 aromatic rings. The van der Waals surface area contributed by atoms with Crippen molar-refractivity contribution < 1.29 is 30.6 Å². The first-order valence-electron chi connectivity index (χ1n) is 10.6. The molecule has 1 fully saturated rings. The Morgan fingerprint density at radius 2 is 2.15 bits per heavy atom. The topological polar surface area (TPSA) is 173 Å². The molecule has 1 aromatic carbocycles. The lowest BCUT2D eigenvalue weighted by atomic mass is 10.1. The SMILES string of the molecule is [NH3+][C@@H](CCSC[C@H]1O[C@@H](n2cnc3c(NCc4cccc(Cl)c4)ncnc32)[C@H](O)[C@@H]1O)C(=O)[O-]. The number of ether oxygens (including phenoxy) is 1. The van der Waals surface area contributed by atoms with E-state index in [1.165, 1.54) is 24.4 Å². The van der Waals surface area contributed by atoms with Crippen LogP contribution in [0.3, 0.4) is 0 Å². The molecule has 0 unspecified atom stereocenters. The van der Waals surface area contributed by atoms with Gasteiger partial charge in [-0.15, -0.1) is 0 Å². The van der Waals surface area contributed by atoms with Crippen molar-refractivity contribution in [2.75, 3.05) is 16.8 Å². The number of carboxylic acids is 1. The van der Waals surface area contributed by atoms with E-state index in [4.69, 9.17) is 16.3 Å². The molecule has 2 aromatic heterocycles. The minimum Gasteiger partial charge on any atom is -0.544 e. The van der Waals surface area contributed by atoms with Gasteiger partial charge in [-0.05, 0) is 23.4 Å². The van der Waals surface area contributed by atoms with Crippen molar-refractivity contribution in [2.45, 2.75) is 43.5 Å². The Kier molecular flexibility index (Phi) is 7.86. The van der Waals surface area contributed by atoms with Gasteiger partial charge in [0.05, 0.1) is 18.4 Å². The van der Waals surface area contributed by atoms with Gasteiger partial charge in [0.15, 0.2) is 23.2 Å². The Hall–Kier alpha value is -2.48. The Morgan fingerprint density at radius 1 is 1.32 bits per heavy atom. The second kappa shape index (κ2) is 10.8. The zero-order valence-corrected chi connectivity index (χ0v) is 19.7. The van der Waals surface area contributed by atoms with E-state index >= 15 is 0 Å². The second-order valence-electron chi connectivity index (χ2n) is 7.96. The Morgan fingerprint density at radius 3 is 2.91 bits per heavy atom. The van der Waals surface area contributed by atoms with Gasteiger partial charge < -0.3 is 35.9 Å². The molecule has 1 aliphatic rings. The molecule has 0 bridgehead atoms. The van der Waals surface area contributed by atoms with Crippen molar-refractivity contribution in [3.63, 3.8) is 0 Å². The van der Waals surface area contributed by atoms with Gasteiger partial charge in [-0.3, -0.25) is 4.57 Å². The summed E-state index contributed by atoms with van der Waals surface area (Å²) in [5, 5.41) is 35.7. The first-order valence-corrected chi connectivity index (χ1v) is 12.2. The zero-order chi connectivity index (χ0) is 24.2. The first-order chi connectivity index (χ1) is 16.3. The number of quaternary nitrogens is 1. The zero-order valence-electron chi connectivity index (χ0n) is 18.1. The van der Waals surface area contributed by atoms with Gasteiger partial charge in [0.25, 0.3) is 0 Å². The van der Waals surface area contributed by atoms with Gasteiger partial charge in [-0.25, -0.2) is 15.0 Å². The normalized spacial score (nSPS) is 23.3. The van der Waals surface area contributed by atoms with Gasteiger partial charge in [-0.2, -0.15) is 11.8 Å². The number of carboxylic acid groups (broad SMARTS) is 1. The number of benzene rings is 1. The van der Waals surface area contributed by atoms with E-state index in [-0.39, 0.29) is 0 Å². The third-order valence-corrected chi connectivity index (χ3v) is 6.87. The molecule has 6 N–H and O–H groups in total. The lowest BCUT2D eigenvalue weighted by molar-refractivity contribution is -0.437. The highest BCUT2D eigenvalue weighted by Crippen LogP contribution is 2.33. The van der Waals surface area contributed by atoms with E-state index in [0.29, 0.717) is 46.5 Å². The fourth-order valence-corrected chi connectivity index (χ4v) is 4.98. The van der Waals surface area contributed by atoms with Crippen molar-refractivity contribution in [2.24, 2.45) is 0 Å². The minimum absolute atomic E-state index is 0.343. The number of carbonyl (C=O) groups excluding carboxylic acids is 1. The number of aromatic nitrogens is 4. The molecule has 4 rings (SSSR count). The summed E-state index contributed by atoms with van der Waals surface area (Å²) in [6.07, 6.45) is -0.610. The molecule has 34 heavy (non-hydrogen) atoms. The number of aliphatic carboxylic acids is 1. The van der Waals surface area contributed by atoms with E-state index < -0.39 is 36.6 Å². The summed E-state index contributed by atoms with van der Waals surface area (Å²) in [5.41, 5.74) is 5.44. The van der Waals surface area contributed by atoms with E-state index in [0.717, 1.165) is 5.56 Å². The lowest BCUT2D eigenvalue weighted by Gasteiger charge is -2.16. The second-order valence-corrected chi connectivity index (χ2v) is 9.54. The van der Waals surface area contributed by atoms with Crippen molar-refractivity contribution >= 4 is 46.3 Å². The first kappa shape index (κ1) is 24.6. The van der Waals surface area contributed by atoms with Crippen LogP contribution in [0.25, 0.3) is 11.2 Å². The molecule has 0 radical (unpaired) electrons. The lowest BCUT2D eigenvalue weighted by Crippen LogP contribution is -2.68. The predicted molar refractivity (Wildman–Crippen MR) is 124 cm³/mol. The number of nitrogens with one attached hydrogen (secondary N) is 1. The highest BCUT2D eigenvalue weighted by Gasteiger charge is 2.44. The van der Waals surface area contributed by atoms with Crippen molar-refractivity contribution in [3.05, 3.63) is 47.5 Å². The maximum absolute atomic E-state index is 10.8. The van der Waals surface area contributed by atoms with Crippen LogP contribution in [0.15, 0.2) is 36.9 Å². The number of carbonyl (C=O) groups is 1. The molecule has 13 heteroatoms. The van der Waals surface area contributed by atoms with Crippen LogP contribution in [0.1, 0.15) is 18.2 Å². The molecule has 0 spiro atoms. The molecule has 1 saturated heterocycles. The quantitative estimate of drug-likeness (QED) is 0.254. The number of aliphatic hydroxyl groups excluding tert-OH is 2. The fraction of sp³-hybridized carbons (Fsp3) is 0.429. The van der Waals surface area contributed by atoms with Crippen molar-refractivity contribution in [1.29, 1.82) is 0 Å². The number of aliphatic hydroxyl groups is 2. The molecule has 182 valence electrons. The summed E-state index contributed by atoms with van der Waals surface area (Å²) < 4.78 is 7.51. The van der Waals surface area contributed by atoms with Crippen LogP contribution in [0.4, 0.5) is 5.82 Å². The van der Waals surface area contributed by atoms with Crippen LogP contribution < -0.4 is 16.2 Å². The van der Waals surface area contributed by atoms with Crippen LogP contribution in [-0.4, -0.2) is 71.6 Å². The summed E-state index contributed by atoms with van der Waals surface area (Å²) in [7, 11) is 0. The molecular formula is C21H25ClN6O5S. The average Bonchev–Trinajstić information content (AvgIpc) is 3.37. The van der Waals surface area contributed by atoms with Gasteiger partial charge in [-0.1, -0.05) is 23.7 Å². The van der Waals surface area contributed by atoms with Crippen LogP contribution in [0.5, 0.6) is 0 Å². The summed E-state index contributed by atoms with van der Waals surface area (Å²) in [5.74, 6) is 0.212. The maximum atomic E-state index is 10.8. The van der Waals surface area contributed by atoms with Crippen LogP contribution in [0, 0.1) is 0 Å². The van der Waals surface area contributed by atoms with Gasteiger partial charge in [0.1, 0.15) is 24.6 Å². The fourth-order valence-electron chi connectivity index (χ4n) is 3.64. The Bertz CT molecular complexity index is 1150. The Labute approximate surface area is 204 Å². The van der Waals surface area contributed by atoms with Crippen LogP contribution >= 0.6 is 23.4 Å². The molecule has 3 heterocycles. The maximum Gasteiger partial charge on any atom is 0.167 e. The standard InChI is InChI=1S/C21H25ClN6O5S/c22-12-3-1-2-11(6-12)7-24-18-15-19(26-9-25-18)28(10-27-15)20-17(30)16(29)14(33-20)8-34-5-4-13(23)21(31)32/h1-3,6,9-10,13-14,16-17,20,29-30H,4-5,7-8,23H2,(H,31,32)(H,24,25,26)/t13-,14+,16+,17+,20+/m0/s1. The molecular weight excluding hydrogens is 484 g/mol. The summed E-state index contributed by atoms with van der Waals surface area (Å²) in [6, 6.07) is 6.66. The monoisotopic (exact) mass is 508 g/mol. The highest BCUT2D eigenvalue weighted by molar-refractivity contribution is 7.99. The number of imidazole rings is 1. The van der Waals surface area contributed by atoms with Crippen LogP contribution in [0.2, 0.25) is 5.02 Å². The number of nitrogens with zero attached hydrogens (tertiary/aromatic N) is 4. The van der Waals surface area contributed by atoms with Crippen molar-refractivity contribution in [1.82, 2.24) is 19.5 Å². The number of thioether (sulfide) groups is 1. The van der Waals surface area contributed by atoms with Crippen molar-refractivity contribution in [3.8, 4) is 0 Å². The average molecular weight is 509 g/mol. The molecule has 0 amide bonds. The number of rotatable bonds is 10. The molecule has 0 aliphatic carbocycles. The number of fused-ring (bicyclic) bond motifs is 1. The smallest absolute Gasteiger partial charge is 0.167 e. The molecule has 1 aliphatic heterocycles. The highest BCUT2D eigenvalue weighted by atomic mass is 35.5. The van der Waals surface area contributed by atoms with E-state index in [2.05, 4.69) is 26.0 Å². The van der Waals surface area contributed by atoms with E-state index in [9.17, 15) is 20.1 Å². The van der Waals surface area contributed by atoms with Gasteiger partial charge >= 0.3 is 0 Å². The summed E-state index contributed by atoms with van der Waals surface area (Å²) >= 11 is 7.46. The third-order valence-electron chi connectivity index (χ3n) is 5.55. The number of hydrogen-bond acceptors (Lipinski definition) is 10. The van der Waals surface area contributed by atoms with Crippen LogP contribution in [-0.2, 0) is 16.1 Å². The molecule has 5 atom stereocenters. The number of halogens is 1. The Balaban J connectivity index is 1.43. The summed E-state index contributed by atoms with van der Waals surface area (Å²) in [6.45, 7) is 0.478. The predicted octanol–water partition coefficient (Wildman–Crippen LogP) is -0.805. The molecule has 0 saturated carbocycles. The summed E-state index contributed by atoms with van der Waals surface area (Å²) in [4.78, 5) is 23.7. The number of hydrogen-bond donors (Lipinski definition) is 4. The van der Waals surface area contributed by atoms with E-state index in [1.807, 2.05) is 18.2 Å². The van der Waals surface area contributed by atoms with Gasteiger partial charge in [0, 0.05) is 23.7 Å². The minimum atomic E-state index is -1.19. The molecule has 11 nitrogen and oxygen atoms in total. The van der Waals surface area contributed by atoms with Gasteiger partial charge in [0.2, 0.25) is 0 Å². The third kappa shape index (κ3) is 5.43.